The number of ether oxygens (including phenoxy) is 4. The number of morpholine rings is 1. The maximum absolute atomic E-state index is 10.2. The van der Waals surface area contributed by atoms with E-state index in [1.807, 2.05) is 24.3 Å². The van der Waals surface area contributed by atoms with Crippen LogP contribution in [0, 0.1) is 0 Å². The first-order chi connectivity index (χ1) is 11.6. The first kappa shape index (κ1) is 17.5. The second kappa shape index (κ2) is 8.16. The molecule has 0 amide bonds. The molecule has 0 unspecified atom stereocenters. The molecule has 2 N–H and O–H groups in total. The van der Waals surface area contributed by atoms with Crippen molar-refractivity contribution in [3.05, 3.63) is 24.3 Å². The Hall–Kier alpha value is -1.34. The van der Waals surface area contributed by atoms with Gasteiger partial charge in [-0.3, -0.25) is 0 Å². The Morgan fingerprint density at radius 3 is 2.67 bits per heavy atom. The second-order valence-corrected chi connectivity index (χ2v) is 6.81. The Labute approximate surface area is 143 Å². The molecular formula is C18H28NO5+. The van der Waals surface area contributed by atoms with Crippen LogP contribution in [0.2, 0.25) is 0 Å². The van der Waals surface area contributed by atoms with Gasteiger partial charge in [-0.15, -0.1) is 0 Å². The minimum absolute atomic E-state index is 0.136. The largest absolute Gasteiger partial charge is 0.486 e. The summed E-state index contributed by atoms with van der Waals surface area (Å²) < 4.78 is 22.9. The van der Waals surface area contributed by atoms with E-state index < -0.39 is 6.10 Å². The van der Waals surface area contributed by atoms with Crippen molar-refractivity contribution in [1.82, 2.24) is 0 Å². The summed E-state index contributed by atoms with van der Waals surface area (Å²) in [6, 6.07) is 7.62. The lowest BCUT2D eigenvalue weighted by Crippen LogP contribution is -3.16. The van der Waals surface area contributed by atoms with Gasteiger partial charge in [0, 0.05) is 0 Å². The van der Waals surface area contributed by atoms with E-state index >= 15 is 0 Å². The van der Waals surface area contributed by atoms with Gasteiger partial charge in [0.15, 0.2) is 17.6 Å². The summed E-state index contributed by atoms with van der Waals surface area (Å²) in [6.45, 7) is 7.90. The van der Waals surface area contributed by atoms with Gasteiger partial charge in [0.2, 0.25) is 0 Å². The van der Waals surface area contributed by atoms with Gasteiger partial charge in [-0.2, -0.15) is 0 Å². The van der Waals surface area contributed by atoms with Crippen LogP contribution in [0.1, 0.15) is 13.8 Å². The van der Waals surface area contributed by atoms with Gasteiger partial charge in [0.05, 0.1) is 13.2 Å². The zero-order valence-corrected chi connectivity index (χ0v) is 14.4. The van der Waals surface area contributed by atoms with Crippen molar-refractivity contribution in [1.29, 1.82) is 0 Å². The number of benzene rings is 1. The Morgan fingerprint density at radius 1 is 1.21 bits per heavy atom. The molecule has 1 fully saturated rings. The van der Waals surface area contributed by atoms with Crippen LogP contribution in [0.5, 0.6) is 11.5 Å². The summed E-state index contributed by atoms with van der Waals surface area (Å²) in [6.07, 6.45) is -0.133. The van der Waals surface area contributed by atoms with Crippen LogP contribution >= 0.6 is 0 Å². The number of hydrogen-bond donors (Lipinski definition) is 2. The third kappa shape index (κ3) is 4.83. The number of nitrogens with one attached hydrogen (secondary N) is 1. The monoisotopic (exact) mass is 338 g/mol. The molecule has 0 aliphatic carbocycles. The van der Waals surface area contributed by atoms with Gasteiger partial charge in [0.25, 0.3) is 0 Å². The fraction of sp³-hybridized carbons (Fsp3) is 0.667. The third-order valence-corrected chi connectivity index (χ3v) is 4.32. The molecule has 134 valence electrons. The van der Waals surface area contributed by atoms with Crippen molar-refractivity contribution in [2.75, 3.05) is 39.5 Å². The van der Waals surface area contributed by atoms with Crippen LogP contribution in [0.3, 0.4) is 0 Å². The third-order valence-electron chi connectivity index (χ3n) is 4.32. The lowest BCUT2D eigenvalue weighted by molar-refractivity contribution is -0.918. The Kier molecular flexibility index (Phi) is 5.94. The van der Waals surface area contributed by atoms with E-state index in [0.29, 0.717) is 26.4 Å². The summed E-state index contributed by atoms with van der Waals surface area (Å²) in [5.41, 5.74) is 0. The molecule has 0 spiro atoms. The molecule has 6 heteroatoms. The van der Waals surface area contributed by atoms with Gasteiger partial charge >= 0.3 is 0 Å². The van der Waals surface area contributed by atoms with Gasteiger partial charge < -0.3 is 29.0 Å². The van der Waals surface area contributed by atoms with Gasteiger partial charge in [-0.25, -0.2) is 0 Å². The minimum atomic E-state index is -0.478. The highest BCUT2D eigenvalue weighted by atomic mass is 16.6. The summed E-state index contributed by atoms with van der Waals surface area (Å²) >= 11 is 0. The van der Waals surface area contributed by atoms with Crippen molar-refractivity contribution in [2.45, 2.75) is 38.3 Å². The molecule has 0 bridgehead atoms. The highest BCUT2D eigenvalue weighted by molar-refractivity contribution is 5.40. The van der Waals surface area contributed by atoms with Crippen LogP contribution in [0.15, 0.2) is 24.3 Å². The predicted octanol–water partition coefficient (Wildman–Crippen LogP) is -0.104. The summed E-state index contributed by atoms with van der Waals surface area (Å²) in [5, 5.41) is 10.2. The number of para-hydroxylation sites is 2. The Balaban J connectivity index is 1.36. The summed E-state index contributed by atoms with van der Waals surface area (Å²) in [7, 11) is 0. The molecule has 0 aromatic heterocycles. The van der Waals surface area contributed by atoms with E-state index in [4.69, 9.17) is 18.9 Å². The molecule has 0 radical (unpaired) electrons. The molecule has 6 nitrogen and oxygen atoms in total. The standard InChI is InChI=1S/C18H27NO5/c1-13-7-19(8-14(2)23-13)9-15(20)10-21-11-16-12-22-17-5-3-4-6-18(17)24-16/h3-6,13-16,20H,7-12H2,1-2H3/p+1/t13-,14-,15+,16-/m1/s1. The molecule has 1 aromatic carbocycles. The van der Waals surface area contributed by atoms with Crippen LogP contribution in [-0.4, -0.2) is 69.0 Å². The maximum atomic E-state index is 10.2. The Morgan fingerprint density at radius 2 is 1.92 bits per heavy atom. The zero-order chi connectivity index (χ0) is 16.9. The zero-order valence-electron chi connectivity index (χ0n) is 14.4. The smallest absolute Gasteiger partial charge is 0.161 e. The molecule has 3 rings (SSSR count). The number of aliphatic hydroxyl groups is 1. The van der Waals surface area contributed by atoms with Crippen molar-refractivity contribution in [3.63, 3.8) is 0 Å². The van der Waals surface area contributed by atoms with Crippen LogP contribution < -0.4 is 14.4 Å². The van der Waals surface area contributed by atoms with Gasteiger partial charge in [0.1, 0.15) is 44.6 Å². The summed E-state index contributed by atoms with van der Waals surface area (Å²) in [5.74, 6) is 1.52. The highest BCUT2D eigenvalue weighted by Gasteiger charge is 2.27. The SMILES string of the molecule is C[C@@H]1C[NH+](C[C@H](O)COC[C@@H]2COc3ccccc3O2)C[C@@H](C)O1. The van der Waals surface area contributed by atoms with Crippen molar-refractivity contribution < 1.29 is 29.0 Å². The van der Waals surface area contributed by atoms with E-state index in [-0.39, 0.29) is 18.3 Å². The number of hydrogen-bond acceptors (Lipinski definition) is 5. The molecule has 24 heavy (non-hydrogen) atoms. The van der Waals surface area contributed by atoms with E-state index in [1.54, 1.807) is 0 Å². The van der Waals surface area contributed by atoms with Crippen LogP contribution in [-0.2, 0) is 9.47 Å². The van der Waals surface area contributed by atoms with Crippen molar-refractivity contribution in [3.8, 4) is 11.5 Å². The highest BCUT2D eigenvalue weighted by Crippen LogP contribution is 2.30. The van der Waals surface area contributed by atoms with Gasteiger partial charge in [-0.1, -0.05) is 12.1 Å². The number of aliphatic hydroxyl groups excluding tert-OH is 1. The van der Waals surface area contributed by atoms with Crippen LogP contribution in [0.25, 0.3) is 0 Å². The molecule has 1 saturated heterocycles. The summed E-state index contributed by atoms with van der Waals surface area (Å²) in [4.78, 5) is 1.36. The van der Waals surface area contributed by atoms with Crippen LogP contribution in [0.4, 0.5) is 0 Å². The first-order valence-corrected chi connectivity index (χ1v) is 8.73. The molecular weight excluding hydrogens is 310 g/mol. The quantitative estimate of drug-likeness (QED) is 0.758. The maximum Gasteiger partial charge on any atom is 0.161 e. The molecule has 4 atom stereocenters. The van der Waals surface area contributed by atoms with Crippen molar-refractivity contribution >= 4 is 0 Å². The predicted molar refractivity (Wildman–Crippen MR) is 88.8 cm³/mol. The second-order valence-electron chi connectivity index (χ2n) is 6.81. The molecule has 2 aliphatic rings. The normalized spacial score (nSPS) is 30.8. The van der Waals surface area contributed by atoms with E-state index in [2.05, 4.69) is 13.8 Å². The minimum Gasteiger partial charge on any atom is -0.486 e. The topological polar surface area (TPSA) is 61.6 Å². The molecule has 1 aromatic rings. The number of rotatable bonds is 6. The Bertz CT molecular complexity index is 516. The fourth-order valence-electron chi connectivity index (χ4n) is 3.43. The number of quaternary nitrogens is 1. The molecule has 0 saturated carbocycles. The van der Waals surface area contributed by atoms with Gasteiger partial charge in [-0.05, 0) is 26.0 Å². The average Bonchev–Trinajstić information content (AvgIpc) is 2.53. The average molecular weight is 338 g/mol. The first-order valence-electron chi connectivity index (χ1n) is 8.73. The van der Waals surface area contributed by atoms with E-state index in [9.17, 15) is 5.11 Å². The lowest BCUT2D eigenvalue weighted by atomic mass is 10.2. The van der Waals surface area contributed by atoms with E-state index in [0.717, 1.165) is 24.6 Å². The molecule has 2 aliphatic heterocycles. The molecule has 2 heterocycles. The number of fused-ring (bicyclic) bond motifs is 1. The lowest BCUT2D eigenvalue weighted by Gasteiger charge is -2.33. The van der Waals surface area contributed by atoms with Crippen molar-refractivity contribution in [2.24, 2.45) is 0 Å². The fourth-order valence-corrected chi connectivity index (χ4v) is 3.43. The van der Waals surface area contributed by atoms with E-state index in [1.165, 1.54) is 4.90 Å².